The van der Waals surface area contributed by atoms with E-state index in [-0.39, 0.29) is 18.7 Å². The van der Waals surface area contributed by atoms with Gasteiger partial charge in [-0.05, 0) is 43.4 Å². The quantitative estimate of drug-likeness (QED) is 0.751. The average molecular weight is 355 g/mol. The fourth-order valence-electron chi connectivity index (χ4n) is 3.12. The molecule has 21 heavy (non-hydrogen) atoms. The predicted octanol–water partition coefficient (Wildman–Crippen LogP) is 3.46. The molecule has 118 valence electrons. The van der Waals surface area contributed by atoms with Gasteiger partial charge in [-0.2, -0.15) is 0 Å². The van der Waals surface area contributed by atoms with Gasteiger partial charge < -0.3 is 10.8 Å². The molecule has 3 nitrogen and oxygen atoms in total. The van der Waals surface area contributed by atoms with Crippen LogP contribution in [0.25, 0.3) is 0 Å². The molecule has 0 amide bonds. The van der Waals surface area contributed by atoms with Gasteiger partial charge in [0.15, 0.2) is 0 Å². The Hall–Kier alpha value is -0.420. The van der Waals surface area contributed by atoms with Crippen molar-refractivity contribution in [1.82, 2.24) is 4.90 Å². The van der Waals surface area contributed by atoms with Crippen LogP contribution in [0.15, 0.2) is 28.7 Å². The van der Waals surface area contributed by atoms with Crippen LogP contribution in [0.5, 0.6) is 0 Å². The standard InChI is InChI=1S/C17H27BrN2O/c1-2-16(19)17(13-6-3-7-14(18)12-13)20(10-5-11-21)15-8-4-9-15/h3,6-7,12,15-17,21H,2,4-5,8-11,19H2,1H3. The third-order valence-electron chi connectivity index (χ3n) is 4.54. The molecule has 4 heteroatoms. The summed E-state index contributed by atoms with van der Waals surface area (Å²) in [5.41, 5.74) is 7.75. The minimum atomic E-state index is 0.124. The van der Waals surface area contributed by atoms with E-state index in [1.54, 1.807) is 0 Å². The molecule has 0 saturated heterocycles. The molecular formula is C17H27BrN2O. The zero-order chi connectivity index (χ0) is 15.2. The Kier molecular flexibility index (Phi) is 6.68. The summed E-state index contributed by atoms with van der Waals surface area (Å²) in [6.45, 7) is 3.32. The molecule has 0 bridgehead atoms. The highest BCUT2D eigenvalue weighted by Crippen LogP contribution is 2.35. The van der Waals surface area contributed by atoms with E-state index >= 15 is 0 Å². The topological polar surface area (TPSA) is 49.5 Å². The van der Waals surface area contributed by atoms with Crippen molar-refractivity contribution in [2.75, 3.05) is 13.2 Å². The van der Waals surface area contributed by atoms with E-state index in [2.05, 4.69) is 52.0 Å². The number of nitrogens with two attached hydrogens (primary N) is 1. The maximum absolute atomic E-state index is 9.21. The molecule has 2 rings (SSSR count). The van der Waals surface area contributed by atoms with Crippen LogP contribution in [-0.2, 0) is 0 Å². The Morgan fingerprint density at radius 2 is 2.19 bits per heavy atom. The second-order valence-electron chi connectivity index (χ2n) is 5.97. The molecule has 0 aromatic heterocycles. The average Bonchev–Trinajstić information content (AvgIpc) is 2.42. The molecule has 2 unspecified atom stereocenters. The third kappa shape index (κ3) is 4.28. The first kappa shape index (κ1) is 16.9. The number of nitrogens with zero attached hydrogens (tertiary/aromatic N) is 1. The number of benzene rings is 1. The Balaban J connectivity index is 2.26. The van der Waals surface area contributed by atoms with Crippen molar-refractivity contribution in [3.8, 4) is 0 Å². The first-order valence-corrected chi connectivity index (χ1v) is 8.84. The summed E-state index contributed by atoms with van der Waals surface area (Å²) < 4.78 is 1.10. The monoisotopic (exact) mass is 354 g/mol. The van der Waals surface area contributed by atoms with E-state index in [0.29, 0.717) is 6.04 Å². The van der Waals surface area contributed by atoms with E-state index in [4.69, 9.17) is 5.73 Å². The first-order chi connectivity index (χ1) is 10.2. The van der Waals surface area contributed by atoms with Gasteiger partial charge in [0.05, 0.1) is 6.04 Å². The van der Waals surface area contributed by atoms with Crippen molar-refractivity contribution >= 4 is 15.9 Å². The van der Waals surface area contributed by atoms with Gasteiger partial charge in [-0.3, -0.25) is 4.90 Å². The molecule has 0 spiro atoms. The number of hydrogen-bond donors (Lipinski definition) is 2. The highest BCUT2D eigenvalue weighted by molar-refractivity contribution is 9.10. The Morgan fingerprint density at radius 3 is 2.71 bits per heavy atom. The predicted molar refractivity (Wildman–Crippen MR) is 91.2 cm³/mol. The van der Waals surface area contributed by atoms with Gasteiger partial charge in [-0.15, -0.1) is 0 Å². The molecule has 0 aliphatic heterocycles. The van der Waals surface area contributed by atoms with Crippen molar-refractivity contribution in [3.63, 3.8) is 0 Å². The molecule has 1 aliphatic rings. The van der Waals surface area contributed by atoms with Crippen LogP contribution in [-0.4, -0.2) is 35.2 Å². The van der Waals surface area contributed by atoms with Crippen LogP contribution in [0, 0.1) is 0 Å². The maximum Gasteiger partial charge on any atom is 0.0502 e. The normalized spacial score (nSPS) is 18.5. The highest BCUT2D eigenvalue weighted by Gasteiger charge is 2.33. The lowest BCUT2D eigenvalue weighted by Gasteiger charge is -2.45. The highest BCUT2D eigenvalue weighted by atomic mass is 79.9. The molecule has 1 aromatic carbocycles. The molecule has 1 fully saturated rings. The van der Waals surface area contributed by atoms with E-state index < -0.39 is 0 Å². The number of rotatable bonds is 8. The molecule has 1 aliphatic carbocycles. The third-order valence-corrected chi connectivity index (χ3v) is 5.04. The van der Waals surface area contributed by atoms with E-state index in [0.717, 1.165) is 23.9 Å². The number of aliphatic hydroxyl groups is 1. The molecule has 0 radical (unpaired) electrons. The Bertz CT molecular complexity index is 437. The van der Waals surface area contributed by atoms with Crippen LogP contribution >= 0.6 is 15.9 Å². The summed E-state index contributed by atoms with van der Waals surface area (Å²) in [5.74, 6) is 0. The van der Waals surface area contributed by atoms with Gasteiger partial charge in [0, 0.05) is 29.7 Å². The van der Waals surface area contributed by atoms with E-state index in [1.165, 1.54) is 24.8 Å². The molecule has 1 saturated carbocycles. The van der Waals surface area contributed by atoms with Crippen molar-refractivity contribution in [3.05, 3.63) is 34.3 Å². The summed E-state index contributed by atoms with van der Waals surface area (Å²) in [6, 6.07) is 9.49. The van der Waals surface area contributed by atoms with Gasteiger partial charge in [-0.25, -0.2) is 0 Å². The minimum Gasteiger partial charge on any atom is -0.396 e. The van der Waals surface area contributed by atoms with Gasteiger partial charge in [0.2, 0.25) is 0 Å². The lowest BCUT2D eigenvalue weighted by atomic mass is 9.86. The SMILES string of the molecule is CCC(N)C(c1cccc(Br)c1)N(CCCO)C1CCC1. The van der Waals surface area contributed by atoms with Crippen LogP contribution < -0.4 is 5.73 Å². The number of hydrogen-bond acceptors (Lipinski definition) is 3. The van der Waals surface area contributed by atoms with Crippen molar-refractivity contribution in [2.24, 2.45) is 5.73 Å². The van der Waals surface area contributed by atoms with Crippen LogP contribution in [0.2, 0.25) is 0 Å². The second-order valence-corrected chi connectivity index (χ2v) is 6.89. The number of halogens is 1. The van der Waals surface area contributed by atoms with Gasteiger partial charge in [-0.1, -0.05) is 41.4 Å². The van der Waals surface area contributed by atoms with E-state index in [1.807, 2.05) is 0 Å². The summed E-state index contributed by atoms with van der Waals surface area (Å²) >= 11 is 3.57. The lowest BCUT2D eigenvalue weighted by molar-refractivity contribution is 0.0579. The molecular weight excluding hydrogens is 328 g/mol. The number of aliphatic hydroxyl groups excluding tert-OH is 1. The molecule has 3 N–H and O–H groups in total. The molecule has 0 heterocycles. The Morgan fingerprint density at radius 1 is 1.43 bits per heavy atom. The second kappa shape index (κ2) is 8.28. The van der Waals surface area contributed by atoms with Crippen molar-refractivity contribution < 1.29 is 5.11 Å². The summed E-state index contributed by atoms with van der Waals surface area (Å²) in [6.07, 6.45) is 5.60. The zero-order valence-electron chi connectivity index (χ0n) is 12.8. The van der Waals surface area contributed by atoms with Crippen molar-refractivity contribution in [2.45, 2.75) is 57.2 Å². The summed E-state index contributed by atoms with van der Waals surface area (Å²) in [5, 5.41) is 9.21. The summed E-state index contributed by atoms with van der Waals surface area (Å²) in [7, 11) is 0. The van der Waals surface area contributed by atoms with Gasteiger partial charge in [0.25, 0.3) is 0 Å². The fourth-order valence-corrected chi connectivity index (χ4v) is 3.54. The first-order valence-electron chi connectivity index (χ1n) is 8.05. The van der Waals surface area contributed by atoms with E-state index in [9.17, 15) is 5.11 Å². The van der Waals surface area contributed by atoms with Crippen LogP contribution in [0.4, 0.5) is 0 Å². The fraction of sp³-hybridized carbons (Fsp3) is 0.647. The maximum atomic E-state index is 9.21. The Labute approximate surface area is 136 Å². The molecule has 2 atom stereocenters. The minimum absolute atomic E-state index is 0.124. The van der Waals surface area contributed by atoms with Crippen molar-refractivity contribution in [1.29, 1.82) is 0 Å². The molecule has 1 aromatic rings. The lowest BCUT2D eigenvalue weighted by Crippen LogP contribution is -2.49. The van der Waals surface area contributed by atoms with Crippen LogP contribution in [0.3, 0.4) is 0 Å². The van der Waals surface area contributed by atoms with Crippen LogP contribution in [0.1, 0.15) is 50.6 Å². The zero-order valence-corrected chi connectivity index (χ0v) is 14.4. The smallest absolute Gasteiger partial charge is 0.0502 e. The largest absolute Gasteiger partial charge is 0.396 e. The van der Waals surface area contributed by atoms with Gasteiger partial charge >= 0.3 is 0 Å². The van der Waals surface area contributed by atoms with Gasteiger partial charge in [0.1, 0.15) is 0 Å². The summed E-state index contributed by atoms with van der Waals surface area (Å²) in [4.78, 5) is 2.54.